The Morgan fingerprint density at radius 1 is 1.43 bits per heavy atom. The fourth-order valence-corrected chi connectivity index (χ4v) is 1.90. The van der Waals surface area contributed by atoms with E-state index in [0.29, 0.717) is 13.1 Å². The predicted molar refractivity (Wildman–Crippen MR) is 94.0 cm³/mol. The lowest BCUT2D eigenvalue weighted by Gasteiger charge is -2.30. The minimum Gasteiger partial charge on any atom is -0.444 e. The van der Waals surface area contributed by atoms with Gasteiger partial charge in [-0.3, -0.25) is 4.90 Å². The number of carbonyl (C=O) groups is 1. The molecule has 6 nitrogen and oxygen atoms in total. The number of amides is 1. The quantitative estimate of drug-likeness (QED) is 0.793. The predicted octanol–water partition coefficient (Wildman–Crippen LogP) is 3.45. The average Bonchev–Trinajstić information content (AvgIpc) is 2.80. The molecule has 1 aliphatic rings. The third-order valence-electron chi connectivity index (χ3n) is 2.72. The maximum atomic E-state index is 11.9. The molecule has 1 aromatic heterocycles. The van der Waals surface area contributed by atoms with Crippen molar-refractivity contribution in [2.75, 3.05) is 6.54 Å². The smallest absolute Gasteiger partial charge is 0.410 e. The number of aryl methyl sites for hydroxylation is 1. The first-order valence-corrected chi connectivity index (χ1v) is 8.01. The topological polar surface area (TPSA) is 73.4 Å². The van der Waals surface area contributed by atoms with E-state index in [1.165, 1.54) is 12.6 Å². The molecule has 2 rings (SSSR count). The van der Waals surface area contributed by atoms with Gasteiger partial charge in [0.15, 0.2) is 0 Å². The number of aromatic nitrogens is 2. The summed E-state index contributed by atoms with van der Waals surface area (Å²) in [4.78, 5) is 17.9. The number of ether oxygens (including phenoxy) is 1. The van der Waals surface area contributed by atoms with Gasteiger partial charge in [0.25, 0.3) is 0 Å². The van der Waals surface area contributed by atoms with Crippen LogP contribution >= 0.6 is 0 Å². The van der Waals surface area contributed by atoms with E-state index in [-0.39, 0.29) is 6.09 Å². The standard InChI is InChI=1S/C12H19N3O2.C3H8.C2H5N/c1-9-7-13-10-8-14(5-6-15(9)10)11(16)17-12(2,3)4;1-3-2;1-2-3/h7H,5-6,8H2,1-4H3;3H2,1-2H3;2H,1,3H2. The first kappa shape index (κ1) is 21.0. The fraction of sp³-hybridized carbons (Fsp3) is 0.647. The molecule has 0 bridgehead atoms. The Balaban J connectivity index is 0.000000704. The van der Waals surface area contributed by atoms with Crippen molar-refractivity contribution in [3.05, 3.63) is 30.5 Å². The monoisotopic (exact) mass is 324 g/mol. The van der Waals surface area contributed by atoms with E-state index in [1.54, 1.807) is 4.90 Å². The van der Waals surface area contributed by atoms with Gasteiger partial charge in [0.2, 0.25) is 0 Å². The number of imidazole rings is 1. The minimum atomic E-state index is -0.445. The molecule has 23 heavy (non-hydrogen) atoms. The maximum absolute atomic E-state index is 11.9. The highest BCUT2D eigenvalue weighted by Gasteiger charge is 2.26. The summed E-state index contributed by atoms with van der Waals surface area (Å²) in [7, 11) is 0. The molecule has 0 fully saturated rings. The van der Waals surface area contributed by atoms with E-state index >= 15 is 0 Å². The van der Waals surface area contributed by atoms with Gasteiger partial charge in [-0.1, -0.05) is 26.8 Å². The van der Waals surface area contributed by atoms with Gasteiger partial charge in [0.1, 0.15) is 11.4 Å². The van der Waals surface area contributed by atoms with Gasteiger partial charge in [0.05, 0.1) is 6.54 Å². The molecule has 132 valence electrons. The molecule has 0 aromatic carbocycles. The molecule has 1 aromatic rings. The highest BCUT2D eigenvalue weighted by molar-refractivity contribution is 5.68. The number of carbonyl (C=O) groups excluding carboxylic acids is 1. The van der Waals surface area contributed by atoms with Crippen LogP contribution in [0.2, 0.25) is 0 Å². The van der Waals surface area contributed by atoms with Crippen molar-refractivity contribution >= 4 is 6.09 Å². The molecule has 0 saturated heterocycles. The second-order valence-corrected chi connectivity index (χ2v) is 6.31. The Morgan fingerprint density at radius 2 is 1.96 bits per heavy atom. The number of hydrogen-bond acceptors (Lipinski definition) is 4. The van der Waals surface area contributed by atoms with Crippen molar-refractivity contribution in [3.63, 3.8) is 0 Å². The van der Waals surface area contributed by atoms with E-state index in [0.717, 1.165) is 18.1 Å². The lowest BCUT2D eigenvalue weighted by Crippen LogP contribution is -2.41. The minimum absolute atomic E-state index is 0.260. The molecule has 0 radical (unpaired) electrons. The molecular formula is C17H32N4O2. The molecule has 2 heterocycles. The van der Waals surface area contributed by atoms with Crippen LogP contribution in [-0.4, -0.2) is 32.7 Å². The van der Waals surface area contributed by atoms with Crippen LogP contribution in [0.5, 0.6) is 0 Å². The number of rotatable bonds is 0. The van der Waals surface area contributed by atoms with Gasteiger partial charge in [-0.15, -0.1) is 0 Å². The molecular weight excluding hydrogens is 292 g/mol. The average molecular weight is 324 g/mol. The van der Waals surface area contributed by atoms with Crippen LogP contribution in [0.1, 0.15) is 52.6 Å². The van der Waals surface area contributed by atoms with Crippen LogP contribution in [0, 0.1) is 6.92 Å². The van der Waals surface area contributed by atoms with Crippen LogP contribution in [0.15, 0.2) is 19.0 Å². The second kappa shape index (κ2) is 9.92. The van der Waals surface area contributed by atoms with Crippen LogP contribution < -0.4 is 5.73 Å². The summed E-state index contributed by atoms with van der Waals surface area (Å²) >= 11 is 0. The second-order valence-electron chi connectivity index (χ2n) is 6.31. The van der Waals surface area contributed by atoms with Gasteiger partial charge < -0.3 is 15.0 Å². The van der Waals surface area contributed by atoms with Gasteiger partial charge in [-0.2, -0.15) is 0 Å². The van der Waals surface area contributed by atoms with E-state index in [2.05, 4.69) is 35.7 Å². The third kappa shape index (κ3) is 7.72. The summed E-state index contributed by atoms with van der Waals surface area (Å²) in [6.07, 6.45) is 4.08. The number of hydrogen-bond donors (Lipinski definition) is 1. The van der Waals surface area contributed by atoms with E-state index in [9.17, 15) is 4.79 Å². The summed E-state index contributed by atoms with van der Waals surface area (Å²) in [6.45, 7) is 17.0. The molecule has 0 spiro atoms. The Hall–Kier alpha value is -1.98. The molecule has 1 amide bonds. The molecule has 0 saturated carbocycles. The van der Waals surface area contributed by atoms with Crippen LogP contribution in [0.3, 0.4) is 0 Å². The van der Waals surface area contributed by atoms with Gasteiger partial charge >= 0.3 is 6.09 Å². The largest absolute Gasteiger partial charge is 0.444 e. The van der Waals surface area contributed by atoms with Gasteiger partial charge in [-0.25, -0.2) is 9.78 Å². The SMILES string of the molecule is C=CN.CCC.Cc1cnc2n1CCN(C(=O)OC(C)(C)C)C2. The van der Waals surface area contributed by atoms with Crippen molar-refractivity contribution in [2.45, 2.75) is 66.7 Å². The summed E-state index contributed by atoms with van der Waals surface area (Å²) in [6, 6.07) is 0. The Labute approximate surface area is 140 Å². The summed E-state index contributed by atoms with van der Waals surface area (Å²) < 4.78 is 7.49. The highest BCUT2D eigenvalue weighted by atomic mass is 16.6. The molecule has 0 atom stereocenters. The van der Waals surface area contributed by atoms with E-state index in [1.807, 2.05) is 33.9 Å². The molecule has 0 aliphatic carbocycles. The first-order valence-electron chi connectivity index (χ1n) is 8.01. The van der Waals surface area contributed by atoms with Crippen molar-refractivity contribution in [2.24, 2.45) is 5.73 Å². The van der Waals surface area contributed by atoms with E-state index in [4.69, 9.17) is 4.74 Å². The maximum Gasteiger partial charge on any atom is 0.410 e. The summed E-state index contributed by atoms with van der Waals surface area (Å²) in [5.41, 5.74) is 5.31. The molecule has 6 heteroatoms. The molecule has 1 aliphatic heterocycles. The van der Waals surface area contributed by atoms with Crippen LogP contribution in [0.25, 0.3) is 0 Å². The zero-order valence-electron chi connectivity index (χ0n) is 15.4. The first-order chi connectivity index (χ1) is 10.7. The van der Waals surface area contributed by atoms with Gasteiger partial charge in [0, 0.05) is 25.0 Å². The fourth-order valence-electron chi connectivity index (χ4n) is 1.90. The van der Waals surface area contributed by atoms with Crippen molar-refractivity contribution < 1.29 is 9.53 Å². The van der Waals surface area contributed by atoms with Crippen molar-refractivity contribution in [1.29, 1.82) is 0 Å². The number of fused-ring (bicyclic) bond motifs is 1. The van der Waals surface area contributed by atoms with E-state index < -0.39 is 5.60 Å². The summed E-state index contributed by atoms with van der Waals surface area (Å²) in [5, 5.41) is 0. The van der Waals surface area contributed by atoms with Gasteiger partial charge in [-0.05, 0) is 33.9 Å². The van der Waals surface area contributed by atoms with Crippen molar-refractivity contribution in [1.82, 2.24) is 14.5 Å². The Morgan fingerprint density at radius 3 is 2.43 bits per heavy atom. The molecule has 0 unspecified atom stereocenters. The lowest BCUT2D eigenvalue weighted by molar-refractivity contribution is 0.0194. The van der Waals surface area contributed by atoms with Crippen LogP contribution in [-0.2, 0) is 17.8 Å². The molecule has 2 N–H and O–H groups in total. The zero-order valence-corrected chi connectivity index (χ0v) is 15.4. The normalized spacial score (nSPS) is 12.9. The Kier molecular flexibility index (Phi) is 9.07. The van der Waals surface area contributed by atoms with Crippen LogP contribution in [0.4, 0.5) is 4.79 Å². The summed E-state index contributed by atoms with van der Waals surface area (Å²) in [5.74, 6) is 0.930. The Bertz CT molecular complexity index is 489. The lowest BCUT2D eigenvalue weighted by atomic mass is 10.2. The highest BCUT2D eigenvalue weighted by Crippen LogP contribution is 2.16. The zero-order chi connectivity index (χ0) is 18.0. The van der Waals surface area contributed by atoms with Crippen molar-refractivity contribution in [3.8, 4) is 0 Å². The number of nitrogens with zero attached hydrogens (tertiary/aromatic N) is 3. The third-order valence-corrected chi connectivity index (χ3v) is 2.72. The number of nitrogens with two attached hydrogens (primary N) is 1.